The number of hydrogen-bond donors (Lipinski definition) is 3. The molecule has 0 bridgehead atoms. The summed E-state index contributed by atoms with van der Waals surface area (Å²) in [6.45, 7) is 0. The first kappa shape index (κ1) is 11.9. The summed E-state index contributed by atoms with van der Waals surface area (Å²) in [5.74, 6) is 0.316. The van der Waals surface area contributed by atoms with Gasteiger partial charge in [0.05, 0.1) is 11.0 Å². The van der Waals surface area contributed by atoms with Crippen LogP contribution in [0.1, 0.15) is 0 Å². The molecule has 3 N–H and O–H groups in total. The Morgan fingerprint density at radius 1 is 1.35 bits per heavy atom. The van der Waals surface area contributed by atoms with Crippen LogP contribution in [-0.2, 0) is 4.79 Å². The fourth-order valence-corrected chi connectivity index (χ4v) is 1.72. The largest absolute Gasteiger partial charge is 0.338 e. The van der Waals surface area contributed by atoms with E-state index in [1.54, 1.807) is 18.3 Å². The summed E-state index contributed by atoms with van der Waals surface area (Å²) in [4.78, 5) is 37.2. The first-order valence-electron chi connectivity index (χ1n) is 5.71. The van der Waals surface area contributed by atoms with Gasteiger partial charge in [0.25, 0.3) is 0 Å². The van der Waals surface area contributed by atoms with Crippen molar-refractivity contribution >= 4 is 35.4 Å². The second kappa shape index (κ2) is 4.84. The minimum Gasteiger partial charge on any atom is -0.331 e. The number of rotatable bonds is 3. The van der Waals surface area contributed by atoms with Gasteiger partial charge in [-0.3, -0.25) is 10.1 Å². The number of nitrogens with zero attached hydrogens (tertiary/aromatic N) is 3. The molecular weight excluding hydrogens is 260 g/mol. The van der Waals surface area contributed by atoms with Crippen LogP contribution < -0.4 is 10.2 Å². The molecule has 0 spiro atoms. The van der Waals surface area contributed by atoms with Crippen LogP contribution in [0.5, 0.6) is 0 Å². The Kier molecular flexibility index (Phi) is 2.88. The van der Waals surface area contributed by atoms with Crippen molar-refractivity contribution < 1.29 is 9.59 Å². The van der Waals surface area contributed by atoms with Crippen molar-refractivity contribution in [3.8, 4) is 0 Å². The highest BCUT2D eigenvalue weighted by Crippen LogP contribution is 2.16. The van der Waals surface area contributed by atoms with Crippen LogP contribution in [0, 0.1) is 0 Å². The number of hydrogen-bond acceptors (Lipinski definition) is 4. The van der Waals surface area contributed by atoms with Gasteiger partial charge in [0.1, 0.15) is 0 Å². The van der Waals surface area contributed by atoms with Gasteiger partial charge in [-0.05, 0) is 12.1 Å². The lowest BCUT2D eigenvalue weighted by atomic mass is 10.3. The average molecular weight is 269 g/mol. The number of imidazole rings is 2. The molecule has 1 radical (unpaired) electrons. The highest BCUT2D eigenvalue weighted by atomic mass is 16.2. The third-order valence-electron chi connectivity index (χ3n) is 2.61. The summed E-state index contributed by atoms with van der Waals surface area (Å²) in [6, 6.07) is 6.48. The molecule has 0 fully saturated rings. The number of benzene rings is 1. The van der Waals surface area contributed by atoms with Gasteiger partial charge in [-0.2, -0.15) is 4.90 Å². The van der Waals surface area contributed by atoms with Gasteiger partial charge in [-0.1, -0.05) is 12.1 Å². The van der Waals surface area contributed by atoms with E-state index in [1.807, 2.05) is 12.1 Å². The molecule has 0 saturated heterocycles. The minimum atomic E-state index is -0.714. The van der Waals surface area contributed by atoms with E-state index in [1.165, 1.54) is 12.6 Å². The smallest absolute Gasteiger partial charge is 0.331 e. The number of fused-ring (bicyclic) bond motifs is 1. The SMILES string of the molecule is O=[C]N(C(=O)Nc1ncc[nH]1)c1nc2ccccc2[nH]1. The van der Waals surface area contributed by atoms with E-state index in [2.05, 4.69) is 25.3 Å². The van der Waals surface area contributed by atoms with Crippen molar-refractivity contribution in [3.05, 3.63) is 36.7 Å². The summed E-state index contributed by atoms with van der Waals surface area (Å²) in [7, 11) is 0. The first-order chi connectivity index (χ1) is 9.78. The number of aromatic amines is 2. The standard InChI is InChI=1S/C12H9N6O2/c19-7-18(12(20)17-10-13-5-6-14-10)11-15-8-3-1-2-4-9(8)16-11/h1-6H,(H,15,16)(H2,13,14,17,20). The average Bonchev–Trinajstić information content (AvgIpc) is 3.08. The molecule has 8 heteroatoms. The molecular formula is C12H9N6O2. The Morgan fingerprint density at radius 3 is 2.90 bits per heavy atom. The minimum absolute atomic E-state index is 0.0882. The van der Waals surface area contributed by atoms with Crippen LogP contribution >= 0.6 is 0 Å². The monoisotopic (exact) mass is 269 g/mol. The van der Waals surface area contributed by atoms with E-state index >= 15 is 0 Å². The van der Waals surface area contributed by atoms with Crippen LogP contribution in [0.2, 0.25) is 0 Å². The van der Waals surface area contributed by atoms with Crippen LogP contribution in [0.25, 0.3) is 11.0 Å². The zero-order chi connectivity index (χ0) is 13.9. The molecule has 1 aromatic carbocycles. The fourth-order valence-electron chi connectivity index (χ4n) is 1.72. The summed E-state index contributed by atoms with van der Waals surface area (Å²) >= 11 is 0. The summed E-state index contributed by atoms with van der Waals surface area (Å²) < 4.78 is 0. The van der Waals surface area contributed by atoms with E-state index in [-0.39, 0.29) is 11.9 Å². The predicted octanol–water partition coefficient (Wildman–Crippen LogP) is 1.39. The maximum Gasteiger partial charge on any atom is 0.338 e. The number of H-pyrrole nitrogens is 2. The lowest BCUT2D eigenvalue weighted by Gasteiger charge is -2.10. The molecule has 8 nitrogen and oxygen atoms in total. The topological polar surface area (TPSA) is 107 Å². The number of aromatic nitrogens is 4. The van der Waals surface area contributed by atoms with E-state index < -0.39 is 6.03 Å². The summed E-state index contributed by atoms with van der Waals surface area (Å²) in [6.07, 6.45) is 4.55. The van der Waals surface area contributed by atoms with Crippen molar-refractivity contribution in [1.29, 1.82) is 0 Å². The van der Waals surface area contributed by atoms with Crippen molar-refractivity contribution in [1.82, 2.24) is 19.9 Å². The fraction of sp³-hybridized carbons (Fsp3) is 0. The molecule has 0 aliphatic heterocycles. The molecule has 2 heterocycles. The number of para-hydroxylation sites is 2. The number of imide groups is 1. The number of urea groups is 1. The third-order valence-corrected chi connectivity index (χ3v) is 2.61. The molecule has 0 aliphatic rings. The van der Waals surface area contributed by atoms with Gasteiger partial charge < -0.3 is 9.97 Å². The van der Waals surface area contributed by atoms with Gasteiger partial charge >= 0.3 is 12.4 Å². The lowest BCUT2D eigenvalue weighted by molar-refractivity contribution is 0.259. The zero-order valence-electron chi connectivity index (χ0n) is 10.1. The van der Waals surface area contributed by atoms with Gasteiger partial charge in [0.15, 0.2) is 0 Å². The Balaban J connectivity index is 1.88. The van der Waals surface area contributed by atoms with Crippen LogP contribution in [0.15, 0.2) is 36.7 Å². The van der Waals surface area contributed by atoms with E-state index in [0.29, 0.717) is 15.9 Å². The molecule has 20 heavy (non-hydrogen) atoms. The highest BCUT2D eigenvalue weighted by Gasteiger charge is 2.20. The number of carbonyl (C=O) groups is 1. The van der Waals surface area contributed by atoms with Crippen molar-refractivity contribution in [2.45, 2.75) is 0 Å². The van der Waals surface area contributed by atoms with Crippen LogP contribution in [0.3, 0.4) is 0 Å². The first-order valence-corrected chi connectivity index (χ1v) is 5.71. The maximum absolute atomic E-state index is 12.0. The second-order valence-corrected chi connectivity index (χ2v) is 3.87. The van der Waals surface area contributed by atoms with Crippen molar-refractivity contribution in [3.63, 3.8) is 0 Å². The summed E-state index contributed by atoms with van der Waals surface area (Å²) in [5.41, 5.74) is 1.36. The Bertz CT molecular complexity index is 715. The lowest BCUT2D eigenvalue weighted by Crippen LogP contribution is -2.34. The van der Waals surface area contributed by atoms with Crippen LogP contribution in [-0.4, -0.2) is 32.4 Å². The molecule has 3 amide bonds. The van der Waals surface area contributed by atoms with Gasteiger partial charge in [-0.25, -0.2) is 14.8 Å². The highest BCUT2D eigenvalue weighted by molar-refractivity contribution is 6.11. The molecule has 0 aliphatic carbocycles. The van der Waals surface area contributed by atoms with Crippen molar-refractivity contribution in [2.75, 3.05) is 10.2 Å². The van der Waals surface area contributed by atoms with Crippen molar-refractivity contribution in [2.24, 2.45) is 0 Å². The zero-order valence-corrected chi connectivity index (χ0v) is 10.1. The Hall–Kier alpha value is -3.16. The molecule has 0 unspecified atom stereocenters. The molecule has 0 atom stereocenters. The number of amides is 3. The molecule has 99 valence electrons. The third kappa shape index (κ3) is 2.09. The summed E-state index contributed by atoms with van der Waals surface area (Å²) in [5, 5.41) is 2.41. The second-order valence-electron chi connectivity index (χ2n) is 3.87. The molecule has 2 aromatic heterocycles. The number of carbonyl (C=O) groups excluding carboxylic acids is 2. The van der Waals surface area contributed by atoms with E-state index in [9.17, 15) is 9.59 Å². The van der Waals surface area contributed by atoms with Crippen LogP contribution in [0.4, 0.5) is 16.7 Å². The normalized spacial score (nSPS) is 10.4. The Morgan fingerprint density at radius 2 is 2.20 bits per heavy atom. The van der Waals surface area contributed by atoms with Gasteiger partial charge in [0, 0.05) is 12.4 Å². The predicted molar refractivity (Wildman–Crippen MR) is 71.9 cm³/mol. The van der Waals surface area contributed by atoms with Gasteiger partial charge in [-0.15, -0.1) is 0 Å². The maximum atomic E-state index is 12.0. The molecule has 3 aromatic rings. The Labute approximate surface area is 112 Å². The van der Waals surface area contributed by atoms with E-state index in [0.717, 1.165) is 0 Å². The van der Waals surface area contributed by atoms with Gasteiger partial charge in [0.2, 0.25) is 11.9 Å². The quantitative estimate of drug-likeness (QED) is 0.624. The molecule has 3 rings (SSSR count). The van der Waals surface area contributed by atoms with E-state index in [4.69, 9.17) is 0 Å². The molecule has 0 saturated carbocycles. The number of anilines is 2. The number of nitrogens with one attached hydrogen (secondary N) is 3.